The van der Waals surface area contributed by atoms with Crippen LogP contribution in [0.25, 0.3) is 0 Å². The fourth-order valence-corrected chi connectivity index (χ4v) is 3.30. The van der Waals surface area contributed by atoms with Crippen molar-refractivity contribution in [1.82, 2.24) is 5.32 Å². The summed E-state index contributed by atoms with van der Waals surface area (Å²) in [7, 11) is -0.832. The van der Waals surface area contributed by atoms with E-state index in [1.54, 1.807) is 0 Å². The molecule has 2 nitrogen and oxygen atoms in total. The Kier molecular flexibility index (Phi) is 7.56. The van der Waals surface area contributed by atoms with Crippen LogP contribution in [0, 0.1) is 0 Å². The van der Waals surface area contributed by atoms with Gasteiger partial charge in [0.25, 0.3) is 0 Å². The number of halogens is 1. The summed E-state index contributed by atoms with van der Waals surface area (Å²) in [6.45, 7) is 5.32. The van der Waals surface area contributed by atoms with Gasteiger partial charge in [0, 0.05) is 33.4 Å². The molecule has 0 heterocycles. The first kappa shape index (κ1) is 15.7. The lowest BCUT2D eigenvalue weighted by Crippen LogP contribution is -2.28. The second kappa shape index (κ2) is 8.68. The Balaban J connectivity index is 2.32. The first-order valence-corrected chi connectivity index (χ1v) is 8.31. The van der Waals surface area contributed by atoms with Crippen molar-refractivity contribution in [3.8, 4) is 0 Å². The maximum absolute atomic E-state index is 12.0. The molecule has 0 radical (unpaired) electrons. The first-order chi connectivity index (χ1) is 8.63. The Morgan fingerprint density at radius 2 is 2.11 bits per heavy atom. The molecule has 0 aromatic heterocycles. The largest absolute Gasteiger partial charge is 0.314 e. The fraction of sp³-hybridized carbons (Fsp3) is 0.571. The van der Waals surface area contributed by atoms with Crippen LogP contribution in [0.2, 0.25) is 5.02 Å². The van der Waals surface area contributed by atoms with Crippen LogP contribution in [0.3, 0.4) is 0 Å². The summed E-state index contributed by atoms with van der Waals surface area (Å²) in [6.07, 6.45) is 2.07. The van der Waals surface area contributed by atoms with Gasteiger partial charge in [-0.3, -0.25) is 4.21 Å². The number of hydrogen-bond donors (Lipinski definition) is 1. The average Bonchev–Trinajstić information content (AvgIpc) is 2.36. The van der Waals surface area contributed by atoms with Crippen LogP contribution >= 0.6 is 11.6 Å². The van der Waals surface area contributed by atoms with Gasteiger partial charge in [-0.15, -0.1) is 0 Å². The molecule has 2 unspecified atom stereocenters. The van der Waals surface area contributed by atoms with Gasteiger partial charge in [0.1, 0.15) is 0 Å². The third-order valence-corrected chi connectivity index (χ3v) is 4.49. The van der Waals surface area contributed by atoms with Crippen LogP contribution in [0.1, 0.15) is 32.3 Å². The third kappa shape index (κ3) is 5.98. The summed E-state index contributed by atoms with van der Waals surface area (Å²) in [5, 5.41) is 4.11. The SMILES string of the molecule is CCCNC(C)CCS(=O)Cc1ccccc1Cl. The summed E-state index contributed by atoms with van der Waals surface area (Å²) in [4.78, 5) is 0. The van der Waals surface area contributed by atoms with E-state index in [1.807, 2.05) is 24.3 Å². The number of rotatable bonds is 8. The lowest BCUT2D eigenvalue weighted by Gasteiger charge is -2.12. The van der Waals surface area contributed by atoms with Crippen LogP contribution in [0.15, 0.2) is 24.3 Å². The average molecular weight is 288 g/mol. The van der Waals surface area contributed by atoms with Crippen molar-refractivity contribution in [3.05, 3.63) is 34.9 Å². The van der Waals surface area contributed by atoms with Crippen molar-refractivity contribution in [3.63, 3.8) is 0 Å². The van der Waals surface area contributed by atoms with E-state index in [4.69, 9.17) is 11.6 Å². The molecule has 0 spiro atoms. The Bertz CT molecular complexity index is 384. The molecule has 1 rings (SSSR count). The Labute approximate surface area is 118 Å². The van der Waals surface area contributed by atoms with E-state index in [-0.39, 0.29) is 0 Å². The van der Waals surface area contributed by atoms with Gasteiger partial charge in [-0.2, -0.15) is 0 Å². The van der Waals surface area contributed by atoms with E-state index in [1.165, 1.54) is 0 Å². The number of hydrogen-bond acceptors (Lipinski definition) is 2. The maximum atomic E-state index is 12.0. The molecule has 0 bridgehead atoms. The van der Waals surface area contributed by atoms with Crippen LogP contribution in [-0.2, 0) is 16.6 Å². The highest BCUT2D eigenvalue weighted by Gasteiger charge is 2.07. The molecular formula is C14H22ClNOS. The summed E-state index contributed by atoms with van der Waals surface area (Å²) in [6, 6.07) is 8.05. The molecule has 0 saturated carbocycles. The van der Waals surface area contributed by atoms with Gasteiger partial charge in [-0.05, 0) is 37.9 Å². The summed E-state index contributed by atoms with van der Waals surface area (Å²) in [5.74, 6) is 1.28. The number of benzene rings is 1. The van der Waals surface area contributed by atoms with E-state index in [0.717, 1.165) is 30.7 Å². The highest BCUT2D eigenvalue weighted by molar-refractivity contribution is 7.84. The van der Waals surface area contributed by atoms with E-state index >= 15 is 0 Å². The number of nitrogens with one attached hydrogen (secondary N) is 1. The van der Waals surface area contributed by atoms with Gasteiger partial charge in [-0.25, -0.2) is 0 Å². The van der Waals surface area contributed by atoms with E-state index in [2.05, 4.69) is 19.2 Å². The zero-order valence-corrected chi connectivity index (χ0v) is 12.7. The van der Waals surface area contributed by atoms with Gasteiger partial charge < -0.3 is 5.32 Å². The quantitative estimate of drug-likeness (QED) is 0.794. The zero-order valence-electron chi connectivity index (χ0n) is 11.1. The minimum atomic E-state index is -0.832. The molecule has 1 aromatic carbocycles. The predicted octanol–water partition coefficient (Wildman–Crippen LogP) is 3.37. The lowest BCUT2D eigenvalue weighted by atomic mass is 10.2. The maximum Gasteiger partial charge on any atom is 0.0500 e. The molecule has 0 amide bonds. The van der Waals surface area contributed by atoms with Crippen LogP contribution in [0.5, 0.6) is 0 Å². The molecule has 2 atom stereocenters. The van der Waals surface area contributed by atoms with Crippen molar-refractivity contribution in [2.75, 3.05) is 12.3 Å². The standard InChI is InChI=1S/C14H22ClNOS/c1-3-9-16-12(2)8-10-18(17)11-13-6-4-5-7-14(13)15/h4-7,12,16H,3,8-11H2,1-2H3. The van der Waals surface area contributed by atoms with Crippen molar-refractivity contribution in [1.29, 1.82) is 0 Å². The van der Waals surface area contributed by atoms with Crippen molar-refractivity contribution >= 4 is 22.4 Å². The van der Waals surface area contributed by atoms with Crippen molar-refractivity contribution in [2.24, 2.45) is 0 Å². The molecule has 0 fully saturated rings. The highest BCUT2D eigenvalue weighted by Crippen LogP contribution is 2.16. The van der Waals surface area contributed by atoms with Gasteiger partial charge >= 0.3 is 0 Å². The van der Waals surface area contributed by atoms with Crippen molar-refractivity contribution in [2.45, 2.75) is 38.5 Å². The van der Waals surface area contributed by atoms with E-state index in [9.17, 15) is 4.21 Å². The normalized spacial score (nSPS) is 14.4. The highest BCUT2D eigenvalue weighted by atomic mass is 35.5. The Hall–Kier alpha value is -0.380. The minimum Gasteiger partial charge on any atom is -0.314 e. The van der Waals surface area contributed by atoms with Gasteiger partial charge in [-0.1, -0.05) is 36.7 Å². The van der Waals surface area contributed by atoms with Crippen LogP contribution in [-0.4, -0.2) is 22.5 Å². The van der Waals surface area contributed by atoms with E-state index in [0.29, 0.717) is 16.8 Å². The van der Waals surface area contributed by atoms with Gasteiger partial charge in [0.2, 0.25) is 0 Å². The Morgan fingerprint density at radius 3 is 2.78 bits per heavy atom. The third-order valence-electron chi connectivity index (χ3n) is 2.80. The molecule has 1 N–H and O–H groups in total. The second-order valence-corrected chi connectivity index (χ2v) is 6.51. The summed E-state index contributed by atoms with van der Waals surface area (Å²) in [5.41, 5.74) is 0.978. The van der Waals surface area contributed by atoms with Crippen LogP contribution < -0.4 is 5.32 Å². The molecule has 0 aliphatic rings. The molecule has 18 heavy (non-hydrogen) atoms. The van der Waals surface area contributed by atoms with Gasteiger partial charge in [0.15, 0.2) is 0 Å². The predicted molar refractivity (Wildman–Crippen MR) is 80.5 cm³/mol. The van der Waals surface area contributed by atoms with Crippen molar-refractivity contribution < 1.29 is 4.21 Å². The molecule has 0 aliphatic heterocycles. The smallest absolute Gasteiger partial charge is 0.0500 e. The molecular weight excluding hydrogens is 266 g/mol. The zero-order chi connectivity index (χ0) is 13.4. The second-order valence-electron chi connectivity index (χ2n) is 4.52. The van der Waals surface area contributed by atoms with E-state index < -0.39 is 10.8 Å². The fourth-order valence-electron chi connectivity index (χ4n) is 1.66. The topological polar surface area (TPSA) is 29.1 Å². The summed E-state index contributed by atoms with van der Waals surface area (Å²) < 4.78 is 12.0. The summed E-state index contributed by atoms with van der Waals surface area (Å²) >= 11 is 6.05. The minimum absolute atomic E-state index is 0.431. The molecule has 1 aromatic rings. The van der Waals surface area contributed by atoms with Crippen LogP contribution in [0.4, 0.5) is 0 Å². The first-order valence-electron chi connectivity index (χ1n) is 6.45. The Morgan fingerprint density at radius 1 is 1.39 bits per heavy atom. The molecule has 102 valence electrons. The molecule has 0 saturated heterocycles. The lowest BCUT2D eigenvalue weighted by molar-refractivity contribution is 0.533. The monoisotopic (exact) mass is 287 g/mol. The molecule has 0 aliphatic carbocycles. The molecule has 4 heteroatoms. The van der Waals surface area contributed by atoms with Gasteiger partial charge in [0.05, 0.1) is 0 Å².